The summed E-state index contributed by atoms with van der Waals surface area (Å²) in [6.45, 7) is 23.0. The van der Waals surface area contributed by atoms with Gasteiger partial charge in [-0.2, -0.15) is 0 Å². The van der Waals surface area contributed by atoms with E-state index in [9.17, 15) is 29.7 Å². The van der Waals surface area contributed by atoms with Gasteiger partial charge in [-0.05, 0) is 154 Å². The number of Topliss-reactive ketones (excluding diaryl/α,β-unsaturated/α-hetero) is 1. The van der Waals surface area contributed by atoms with Crippen LogP contribution in [-0.2, 0) is 23.9 Å². The maximum atomic E-state index is 15.3. The van der Waals surface area contributed by atoms with Gasteiger partial charge in [-0.25, -0.2) is 0 Å². The number of nitrogens with zero attached hydrogens (tertiary/aromatic N) is 2. The van der Waals surface area contributed by atoms with Crippen molar-refractivity contribution in [3.63, 3.8) is 0 Å². The third-order valence-corrected chi connectivity index (χ3v) is 21.8. The first-order valence-corrected chi connectivity index (χ1v) is 23.6. The van der Waals surface area contributed by atoms with Crippen LogP contribution >= 0.6 is 0 Å². The van der Waals surface area contributed by atoms with Crippen molar-refractivity contribution in [1.29, 1.82) is 0 Å². The molecule has 3 N–H and O–H groups in total. The molecule has 8 rings (SSSR count). The van der Waals surface area contributed by atoms with Crippen LogP contribution in [0.4, 0.5) is 0 Å². The van der Waals surface area contributed by atoms with Gasteiger partial charge in [0.15, 0.2) is 0 Å². The average molecular weight is 823 g/mol. The Hall–Kier alpha value is -2.04. The summed E-state index contributed by atoms with van der Waals surface area (Å²) in [4.78, 5) is 57.7. The van der Waals surface area contributed by atoms with E-state index < -0.39 is 16.8 Å². The fourth-order valence-corrected chi connectivity index (χ4v) is 16.7. The number of esters is 1. The molecular formula is C49H78N2O8. The zero-order valence-electron chi connectivity index (χ0n) is 38.1. The molecule has 10 heteroatoms. The van der Waals surface area contributed by atoms with Crippen molar-refractivity contribution in [2.75, 3.05) is 45.9 Å². The van der Waals surface area contributed by atoms with E-state index in [1.165, 1.54) is 25.7 Å². The lowest BCUT2D eigenvalue weighted by Crippen LogP contribution is -2.71. The van der Waals surface area contributed by atoms with E-state index in [0.29, 0.717) is 48.7 Å². The minimum Gasteiger partial charge on any atom is -0.481 e. The molecule has 0 aromatic heterocycles. The Morgan fingerprint density at radius 3 is 1.93 bits per heavy atom. The molecule has 11 atom stereocenters. The van der Waals surface area contributed by atoms with Gasteiger partial charge in [-0.1, -0.05) is 41.5 Å². The highest BCUT2D eigenvalue weighted by molar-refractivity contribution is 5.85. The number of hydrogen-bond acceptors (Lipinski definition) is 8. The van der Waals surface area contributed by atoms with Gasteiger partial charge >= 0.3 is 11.9 Å². The molecule has 332 valence electrons. The molecule has 7 aliphatic carbocycles. The third kappa shape index (κ3) is 5.78. The Morgan fingerprint density at radius 2 is 1.32 bits per heavy atom. The molecule has 0 bridgehead atoms. The van der Waals surface area contributed by atoms with Gasteiger partial charge in [0.1, 0.15) is 11.9 Å². The number of carbonyl (C=O) groups excluding carboxylic acids is 3. The topological polar surface area (TPSA) is 145 Å². The van der Waals surface area contributed by atoms with Crippen LogP contribution in [0.5, 0.6) is 0 Å². The fourth-order valence-electron chi connectivity index (χ4n) is 16.7. The van der Waals surface area contributed by atoms with E-state index in [0.717, 1.165) is 70.9 Å². The van der Waals surface area contributed by atoms with Crippen molar-refractivity contribution in [2.45, 2.75) is 165 Å². The summed E-state index contributed by atoms with van der Waals surface area (Å²) in [6.07, 6.45) is 14.3. The minimum absolute atomic E-state index is 0.0833. The van der Waals surface area contributed by atoms with Gasteiger partial charge < -0.3 is 25.0 Å². The highest BCUT2D eigenvalue weighted by Crippen LogP contribution is 2.91. The second-order valence-corrected chi connectivity index (χ2v) is 24.3. The summed E-state index contributed by atoms with van der Waals surface area (Å²) in [7, 11) is 0. The van der Waals surface area contributed by atoms with Gasteiger partial charge in [0.25, 0.3) is 0 Å². The molecule has 8 aliphatic rings. The molecule has 10 nitrogen and oxygen atoms in total. The molecule has 0 aromatic rings. The zero-order valence-corrected chi connectivity index (χ0v) is 38.1. The predicted molar refractivity (Wildman–Crippen MR) is 225 cm³/mol. The molecule has 1 heterocycles. The van der Waals surface area contributed by atoms with Crippen LogP contribution in [0.25, 0.3) is 0 Å². The average Bonchev–Trinajstić information content (AvgIpc) is 4.05. The summed E-state index contributed by atoms with van der Waals surface area (Å²) in [6, 6.07) is 0. The number of piperazine rings is 1. The summed E-state index contributed by atoms with van der Waals surface area (Å²) >= 11 is 0. The molecule has 0 aromatic carbocycles. The van der Waals surface area contributed by atoms with Crippen molar-refractivity contribution >= 4 is 23.6 Å². The van der Waals surface area contributed by atoms with Gasteiger partial charge in [-0.3, -0.25) is 24.1 Å². The Morgan fingerprint density at radius 1 is 0.695 bits per heavy atom. The van der Waals surface area contributed by atoms with Gasteiger partial charge in [-0.15, -0.1) is 0 Å². The highest BCUT2D eigenvalue weighted by Gasteiger charge is 2.85. The standard InChI is InChI=1S/C49H78N2O8/c1-40(2,39(57)58)28-36(55)59-35-12-15-47(9)46(8)14-10-33-37-32(41(3)17-18-41)11-16-48(37,21-19-43(33,5)45(46,7)20-22-49(47)29-44(35,49)6)38(56)51-26-24-50(25-27-51)23-13-34(54)42(4,30-52)31-53/h32-33,35,37,52-53H,10-31H2,1-9H3,(H,57,58)/t32-,33?,35?,37-,43-,44?,45+,46+,47?,48+,49-/m1/s1. The number of aliphatic hydroxyl groups excluding tert-OH is 2. The largest absolute Gasteiger partial charge is 0.481 e. The van der Waals surface area contributed by atoms with E-state index in [-0.39, 0.29) is 81.8 Å². The van der Waals surface area contributed by atoms with Crippen molar-refractivity contribution in [2.24, 2.45) is 71.9 Å². The lowest BCUT2D eigenvalue weighted by molar-refractivity contribution is -0.285. The molecule has 7 saturated carbocycles. The van der Waals surface area contributed by atoms with E-state index in [4.69, 9.17) is 4.74 Å². The number of hydrogen-bond donors (Lipinski definition) is 3. The number of amides is 1. The SMILES string of the molecule is CC(C)(CC(=O)OC1CCC2(C)[C@]3(CC[C@@]4(C)[C@]5(C)CC[C@@]6(C(=O)N7CCN(CCC(=O)C(C)(CO)CO)CC7)CC[C@@H](C7(C)CC7)[C@@H]6C5CC[C@]24C)CC13C)C(=O)O. The minimum atomic E-state index is -1.15. The van der Waals surface area contributed by atoms with E-state index >= 15 is 4.79 Å². The molecular weight excluding hydrogens is 745 g/mol. The van der Waals surface area contributed by atoms with Crippen LogP contribution < -0.4 is 0 Å². The molecule has 1 saturated heterocycles. The fraction of sp³-hybridized carbons (Fsp3) is 0.918. The summed E-state index contributed by atoms with van der Waals surface area (Å²) < 4.78 is 6.28. The molecule has 0 radical (unpaired) electrons. The van der Waals surface area contributed by atoms with Crippen LogP contribution in [0.1, 0.15) is 159 Å². The summed E-state index contributed by atoms with van der Waals surface area (Å²) in [5.41, 5.74) is -1.86. The molecule has 4 unspecified atom stereocenters. The van der Waals surface area contributed by atoms with Crippen molar-refractivity contribution in [1.82, 2.24) is 9.80 Å². The van der Waals surface area contributed by atoms with Crippen LogP contribution in [0.15, 0.2) is 0 Å². The number of fused-ring (bicyclic) bond motifs is 6. The zero-order chi connectivity index (χ0) is 43.0. The lowest BCUT2D eigenvalue weighted by Gasteiger charge is -2.76. The lowest BCUT2D eigenvalue weighted by atomic mass is 9.28. The van der Waals surface area contributed by atoms with Crippen LogP contribution in [0.3, 0.4) is 0 Å². The summed E-state index contributed by atoms with van der Waals surface area (Å²) in [5.74, 6) is 0.406. The predicted octanol–water partition coefficient (Wildman–Crippen LogP) is 7.52. The number of carbonyl (C=O) groups is 4. The Bertz CT molecular complexity index is 1750. The number of aliphatic carboxylic acids is 1. The second kappa shape index (κ2) is 13.7. The highest BCUT2D eigenvalue weighted by atomic mass is 16.5. The number of rotatable bonds is 12. The maximum Gasteiger partial charge on any atom is 0.309 e. The third-order valence-electron chi connectivity index (χ3n) is 21.8. The van der Waals surface area contributed by atoms with Gasteiger partial charge in [0.05, 0.1) is 35.9 Å². The summed E-state index contributed by atoms with van der Waals surface area (Å²) in [5, 5.41) is 29.1. The second-order valence-electron chi connectivity index (χ2n) is 24.3. The maximum absolute atomic E-state index is 15.3. The number of ether oxygens (including phenoxy) is 1. The van der Waals surface area contributed by atoms with Crippen molar-refractivity contribution < 1.29 is 39.2 Å². The normalized spacial score (nSPS) is 44.9. The van der Waals surface area contributed by atoms with Crippen molar-refractivity contribution in [3.05, 3.63) is 0 Å². The number of carboxylic acid groups (broad SMARTS) is 1. The Kier molecular flexibility index (Phi) is 10.1. The first kappa shape index (κ1) is 43.6. The molecule has 59 heavy (non-hydrogen) atoms. The van der Waals surface area contributed by atoms with Gasteiger partial charge in [0.2, 0.25) is 5.91 Å². The van der Waals surface area contributed by atoms with Crippen LogP contribution in [0.2, 0.25) is 0 Å². The van der Waals surface area contributed by atoms with E-state index in [2.05, 4.69) is 51.3 Å². The number of ketones is 1. The molecule has 1 spiro atoms. The molecule has 8 fully saturated rings. The quantitative estimate of drug-likeness (QED) is 0.170. The van der Waals surface area contributed by atoms with E-state index in [1.54, 1.807) is 20.8 Å². The smallest absolute Gasteiger partial charge is 0.309 e. The Labute approximate surface area is 354 Å². The van der Waals surface area contributed by atoms with E-state index in [1.807, 2.05) is 0 Å². The monoisotopic (exact) mass is 823 g/mol. The number of carboxylic acids is 1. The van der Waals surface area contributed by atoms with Crippen molar-refractivity contribution in [3.8, 4) is 0 Å². The molecule has 1 amide bonds. The van der Waals surface area contributed by atoms with Crippen LogP contribution in [0, 0.1) is 71.9 Å². The first-order chi connectivity index (χ1) is 27.4. The van der Waals surface area contributed by atoms with Crippen LogP contribution in [-0.4, -0.2) is 101 Å². The molecule has 1 aliphatic heterocycles. The Balaban J connectivity index is 1.02. The van der Waals surface area contributed by atoms with Gasteiger partial charge in [0, 0.05) is 44.6 Å². The number of aliphatic hydroxyl groups is 2. The first-order valence-electron chi connectivity index (χ1n) is 23.6.